The van der Waals surface area contributed by atoms with Crippen molar-refractivity contribution in [3.63, 3.8) is 0 Å². The molecule has 7 nitrogen and oxygen atoms in total. The number of carbonyl (C=O) groups is 1. The number of nitrogens with zero attached hydrogens (tertiary/aromatic N) is 1. The fourth-order valence-electron chi connectivity index (χ4n) is 7.26. The molecule has 4 aliphatic rings. The van der Waals surface area contributed by atoms with Gasteiger partial charge in [-0.05, 0) is 84.6 Å². The van der Waals surface area contributed by atoms with Crippen LogP contribution in [0.5, 0.6) is 11.5 Å². The first-order valence-corrected chi connectivity index (χ1v) is 12.4. The normalized spacial score (nSPS) is 34.5. The molecule has 182 valence electrons. The number of likely N-dealkylation sites (N-methyl/N-ethyl adjacent to an activating group) is 1. The van der Waals surface area contributed by atoms with Crippen LogP contribution in [0.15, 0.2) is 12.1 Å². The number of rotatable bonds is 6. The molecule has 2 unspecified atom stereocenters. The lowest BCUT2D eigenvalue weighted by Crippen LogP contribution is -2.78. The van der Waals surface area contributed by atoms with Crippen molar-refractivity contribution in [1.82, 2.24) is 10.2 Å². The van der Waals surface area contributed by atoms with Gasteiger partial charge in [0.25, 0.3) is 0 Å². The molecule has 1 aromatic carbocycles. The zero-order valence-electron chi connectivity index (χ0n) is 20.6. The third-order valence-corrected chi connectivity index (χ3v) is 8.44. The number of benzene rings is 1. The smallest absolute Gasteiger partial charge is 0.306 e. The highest BCUT2D eigenvalue weighted by Crippen LogP contribution is 2.66. The Bertz CT molecular complexity index is 943. The quantitative estimate of drug-likeness (QED) is 0.501. The van der Waals surface area contributed by atoms with E-state index in [0.29, 0.717) is 18.2 Å². The summed E-state index contributed by atoms with van der Waals surface area (Å²) in [4.78, 5) is 14.5. The maximum atomic E-state index is 12.1. The van der Waals surface area contributed by atoms with Gasteiger partial charge >= 0.3 is 5.97 Å². The van der Waals surface area contributed by atoms with Crippen molar-refractivity contribution < 1.29 is 24.1 Å². The van der Waals surface area contributed by atoms with Crippen molar-refractivity contribution in [2.24, 2.45) is 0 Å². The molecule has 2 heterocycles. The summed E-state index contributed by atoms with van der Waals surface area (Å²) >= 11 is 0. The number of carbonyl (C=O) groups excluding carboxylic acids is 1. The maximum absolute atomic E-state index is 12.1. The van der Waals surface area contributed by atoms with E-state index in [2.05, 4.69) is 23.3 Å². The van der Waals surface area contributed by atoms with Crippen molar-refractivity contribution in [1.29, 1.82) is 0 Å². The average molecular weight is 459 g/mol. The Labute approximate surface area is 196 Å². The molecule has 2 N–H and O–H groups in total. The number of likely N-dealkylation sites (tertiary alicyclic amines) is 1. The molecule has 0 aromatic heterocycles. The number of aromatic hydroxyl groups is 1. The zero-order valence-corrected chi connectivity index (χ0v) is 20.6. The predicted octanol–water partition coefficient (Wildman–Crippen LogP) is 2.91. The molecule has 1 spiro atoms. The molecular formula is C26H38N2O5. The van der Waals surface area contributed by atoms with Crippen molar-refractivity contribution in [3.8, 4) is 11.5 Å². The zero-order chi connectivity index (χ0) is 23.6. The highest BCUT2D eigenvalue weighted by molar-refractivity contribution is 5.69. The van der Waals surface area contributed by atoms with E-state index in [0.717, 1.165) is 45.2 Å². The monoisotopic (exact) mass is 458 g/mol. The Hall–Kier alpha value is -1.83. The van der Waals surface area contributed by atoms with Gasteiger partial charge < -0.3 is 29.5 Å². The van der Waals surface area contributed by atoms with Gasteiger partial charge in [-0.25, -0.2) is 0 Å². The summed E-state index contributed by atoms with van der Waals surface area (Å²) in [6.45, 7) is 7.38. The second kappa shape index (κ2) is 7.85. The summed E-state index contributed by atoms with van der Waals surface area (Å²) in [6.07, 6.45) is 4.74. The number of esters is 1. The van der Waals surface area contributed by atoms with Crippen LogP contribution in [0.3, 0.4) is 0 Å². The second-order valence-corrected chi connectivity index (χ2v) is 11.3. The maximum Gasteiger partial charge on any atom is 0.306 e. The van der Waals surface area contributed by atoms with Gasteiger partial charge in [0.1, 0.15) is 11.7 Å². The van der Waals surface area contributed by atoms with Crippen LogP contribution in [0.25, 0.3) is 0 Å². The van der Waals surface area contributed by atoms with E-state index >= 15 is 0 Å². The van der Waals surface area contributed by atoms with Crippen LogP contribution >= 0.6 is 0 Å². The average Bonchev–Trinajstić information content (AvgIpc) is 3.10. The highest BCUT2D eigenvalue weighted by Gasteiger charge is 2.73. The Kier molecular flexibility index (Phi) is 5.46. The van der Waals surface area contributed by atoms with Crippen LogP contribution in [-0.4, -0.2) is 72.6 Å². The lowest BCUT2D eigenvalue weighted by Gasteiger charge is -2.65. The standard InChI is InChI=1S/C26H38N2O5/c1-24(2,3)33-20(30)7-6-13-27-17-10-11-26(31-5)19-15-16-8-9-18(29)22-21(16)25(26,23(17)32-22)12-14-28(19)4/h8-9,17,19,23,27,29H,6-7,10-15H2,1-5H3/t17?,19?,23-,25-,26+/m0/s1. The largest absolute Gasteiger partial charge is 0.504 e. The fraction of sp³-hybridized carbons (Fsp3) is 0.731. The number of ether oxygens (including phenoxy) is 3. The molecule has 33 heavy (non-hydrogen) atoms. The van der Waals surface area contributed by atoms with Gasteiger partial charge in [-0.3, -0.25) is 4.79 Å². The first kappa shape index (κ1) is 22.9. The molecule has 1 saturated carbocycles. The minimum atomic E-state index is -0.453. The fourth-order valence-corrected chi connectivity index (χ4v) is 7.26. The van der Waals surface area contributed by atoms with Crippen LogP contribution in [0.4, 0.5) is 0 Å². The summed E-state index contributed by atoms with van der Waals surface area (Å²) in [7, 11) is 4.06. The number of nitrogens with one attached hydrogen (secondary N) is 1. The Morgan fingerprint density at radius 1 is 1.33 bits per heavy atom. The number of hydrogen-bond acceptors (Lipinski definition) is 7. The second-order valence-electron chi connectivity index (χ2n) is 11.3. The van der Waals surface area contributed by atoms with E-state index in [1.807, 2.05) is 27.9 Å². The van der Waals surface area contributed by atoms with Crippen LogP contribution in [0, 0.1) is 0 Å². The molecule has 2 bridgehead atoms. The van der Waals surface area contributed by atoms with Gasteiger partial charge in [0.2, 0.25) is 0 Å². The molecule has 2 aliphatic carbocycles. The molecule has 0 amide bonds. The molecule has 1 saturated heterocycles. The minimum Gasteiger partial charge on any atom is -0.504 e. The number of phenols is 1. The third kappa shape index (κ3) is 3.30. The van der Waals surface area contributed by atoms with Crippen molar-refractivity contribution in [3.05, 3.63) is 23.3 Å². The van der Waals surface area contributed by atoms with Gasteiger partial charge in [-0.15, -0.1) is 0 Å². The van der Waals surface area contributed by atoms with Gasteiger partial charge in [0, 0.05) is 31.2 Å². The number of methoxy groups -OCH3 is 1. The molecule has 7 heteroatoms. The van der Waals surface area contributed by atoms with E-state index in [1.54, 1.807) is 6.07 Å². The first-order valence-electron chi connectivity index (χ1n) is 12.4. The third-order valence-electron chi connectivity index (χ3n) is 8.44. The van der Waals surface area contributed by atoms with Gasteiger partial charge in [0.05, 0.1) is 11.0 Å². The molecule has 5 atom stereocenters. The predicted molar refractivity (Wildman–Crippen MR) is 125 cm³/mol. The lowest BCUT2D eigenvalue weighted by molar-refractivity contribution is -0.203. The minimum absolute atomic E-state index is 0.105. The van der Waals surface area contributed by atoms with Crippen molar-refractivity contribution >= 4 is 5.97 Å². The summed E-state index contributed by atoms with van der Waals surface area (Å²) in [5.74, 6) is 0.724. The molecule has 2 aliphatic heterocycles. The number of piperidine rings is 1. The summed E-state index contributed by atoms with van der Waals surface area (Å²) in [6, 6.07) is 4.28. The van der Waals surface area contributed by atoms with Gasteiger partial charge in [0.15, 0.2) is 11.5 Å². The topological polar surface area (TPSA) is 80.3 Å². The van der Waals surface area contributed by atoms with Gasteiger partial charge in [-0.1, -0.05) is 6.07 Å². The van der Waals surface area contributed by atoms with Crippen LogP contribution in [-0.2, 0) is 26.1 Å². The molecule has 5 rings (SSSR count). The van der Waals surface area contributed by atoms with E-state index < -0.39 is 5.60 Å². The number of hydrogen-bond donors (Lipinski definition) is 2. The van der Waals surface area contributed by atoms with E-state index in [9.17, 15) is 9.90 Å². The van der Waals surface area contributed by atoms with Crippen molar-refractivity contribution in [2.45, 2.75) is 94.1 Å². The molecule has 1 aromatic rings. The SMILES string of the molecule is CO[C@@]12CCC(NCCCC(=O)OC(C)(C)C)[C@@H]3Oc4c(O)ccc5c4[C@@]31CCN(C)C2C5. The summed E-state index contributed by atoms with van der Waals surface area (Å²) in [5.41, 5.74) is 1.40. The van der Waals surface area contributed by atoms with Crippen LogP contribution in [0.1, 0.15) is 64.0 Å². The Balaban J connectivity index is 1.40. The first-order chi connectivity index (χ1) is 15.6. The Morgan fingerprint density at radius 3 is 2.85 bits per heavy atom. The van der Waals surface area contributed by atoms with Crippen LogP contribution < -0.4 is 10.1 Å². The highest BCUT2D eigenvalue weighted by atomic mass is 16.6. The van der Waals surface area contributed by atoms with Crippen LogP contribution in [0.2, 0.25) is 0 Å². The molecular weight excluding hydrogens is 420 g/mol. The van der Waals surface area contributed by atoms with E-state index in [-0.39, 0.29) is 34.9 Å². The van der Waals surface area contributed by atoms with Gasteiger partial charge in [-0.2, -0.15) is 0 Å². The Morgan fingerprint density at radius 2 is 2.12 bits per heavy atom. The molecule has 2 fully saturated rings. The summed E-state index contributed by atoms with van der Waals surface area (Å²) in [5, 5.41) is 14.4. The van der Waals surface area contributed by atoms with E-state index in [1.165, 1.54) is 11.1 Å². The summed E-state index contributed by atoms with van der Waals surface area (Å²) < 4.78 is 18.5. The molecule has 0 radical (unpaired) electrons. The number of phenolic OH excluding ortho intramolecular Hbond substituents is 1. The lowest BCUT2D eigenvalue weighted by atomic mass is 9.48. The van der Waals surface area contributed by atoms with E-state index in [4.69, 9.17) is 14.2 Å². The van der Waals surface area contributed by atoms with Crippen molar-refractivity contribution in [2.75, 3.05) is 27.2 Å².